The SMILES string of the molecule is CC(=O)S[C@H]1CCN(C(=O)OC(C)(C)C)C1.CC(C)(C)OC(=O)N1CC[C@@H](O)C1. The van der Waals surface area contributed by atoms with Crippen LogP contribution in [0.3, 0.4) is 0 Å². The van der Waals surface area contributed by atoms with Crippen molar-refractivity contribution >= 4 is 29.1 Å². The van der Waals surface area contributed by atoms with Crippen LogP contribution in [0.1, 0.15) is 61.3 Å². The minimum Gasteiger partial charge on any atom is -0.444 e. The molecule has 0 bridgehead atoms. The molecule has 2 saturated heterocycles. The van der Waals surface area contributed by atoms with Gasteiger partial charge in [0.05, 0.1) is 6.10 Å². The lowest BCUT2D eigenvalue weighted by atomic mass is 10.2. The lowest BCUT2D eigenvalue weighted by Crippen LogP contribution is -2.35. The van der Waals surface area contributed by atoms with Crippen molar-refractivity contribution in [2.45, 2.75) is 83.9 Å². The van der Waals surface area contributed by atoms with E-state index in [1.54, 1.807) is 11.8 Å². The number of β-amino-alcohol motifs (C(OH)–C–C–N with tert-alkyl or cyclic N) is 1. The van der Waals surface area contributed by atoms with E-state index in [-0.39, 0.29) is 28.7 Å². The van der Waals surface area contributed by atoms with Crippen molar-refractivity contribution in [2.75, 3.05) is 26.2 Å². The van der Waals surface area contributed by atoms with Gasteiger partial charge in [-0.3, -0.25) is 4.79 Å². The van der Waals surface area contributed by atoms with Gasteiger partial charge in [0.1, 0.15) is 11.2 Å². The highest BCUT2D eigenvalue weighted by molar-refractivity contribution is 8.14. The maximum atomic E-state index is 11.7. The zero-order valence-corrected chi connectivity index (χ0v) is 19.5. The van der Waals surface area contributed by atoms with Crippen LogP contribution in [0.2, 0.25) is 0 Å². The lowest BCUT2D eigenvalue weighted by molar-refractivity contribution is -0.109. The Morgan fingerprint density at radius 2 is 1.31 bits per heavy atom. The molecule has 0 spiro atoms. The predicted octanol–water partition coefficient (Wildman–Crippen LogP) is 3.26. The first-order chi connectivity index (χ1) is 13.2. The number of amides is 2. The molecular formula is C20H36N2O6S. The fourth-order valence-corrected chi connectivity index (χ4v) is 3.73. The molecule has 0 aliphatic carbocycles. The Kier molecular flexibility index (Phi) is 9.27. The Morgan fingerprint density at radius 3 is 1.69 bits per heavy atom. The van der Waals surface area contributed by atoms with Gasteiger partial charge in [0.25, 0.3) is 0 Å². The minimum absolute atomic E-state index is 0.107. The van der Waals surface area contributed by atoms with Gasteiger partial charge in [0.2, 0.25) is 0 Å². The van der Waals surface area contributed by atoms with Gasteiger partial charge in [-0.1, -0.05) is 11.8 Å². The second-order valence-electron chi connectivity index (χ2n) is 9.32. The molecule has 2 amide bonds. The van der Waals surface area contributed by atoms with E-state index >= 15 is 0 Å². The van der Waals surface area contributed by atoms with Crippen molar-refractivity contribution in [3.05, 3.63) is 0 Å². The van der Waals surface area contributed by atoms with E-state index in [4.69, 9.17) is 9.47 Å². The number of thioether (sulfide) groups is 1. The first-order valence-electron chi connectivity index (χ1n) is 9.97. The van der Waals surface area contributed by atoms with Gasteiger partial charge in [-0.15, -0.1) is 0 Å². The number of ether oxygens (including phenoxy) is 2. The summed E-state index contributed by atoms with van der Waals surface area (Å²) in [7, 11) is 0. The summed E-state index contributed by atoms with van der Waals surface area (Å²) in [6.45, 7) is 14.9. The highest BCUT2D eigenvalue weighted by atomic mass is 32.2. The van der Waals surface area contributed by atoms with Crippen LogP contribution in [0.25, 0.3) is 0 Å². The van der Waals surface area contributed by atoms with E-state index in [0.29, 0.717) is 32.6 Å². The molecule has 0 saturated carbocycles. The molecule has 2 aliphatic heterocycles. The summed E-state index contributed by atoms with van der Waals surface area (Å²) in [5.74, 6) is 0. The lowest BCUT2D eigenvalue weighted by Gasteiger charge is -2.24. The first kappa shape index (κ1) is 25.6. The number of carbonyl (C=O) groups excluding carboxylic acids is 3. The Hall–Kier alpha value is -1.48. The highest BCUT2D eigenvalue weighted by Crippen LogP contribution is 2.24. The average molecular weight is 433 g/mol. The molecule has 0 unspecified atom stereocenters. The zero-order valence-electron chi connectivity index (χ0n) is 18.7. The largest absolute Gasteiger partial charge is 0.444 e. The molecule has 2 rings (SSSR count). The summed E-state index contributed by atoms with van der Waals surface area (Å²) in [6, 6.07) is 0. The van der Waals surface area contributed by atoms with Crippen LogP contribution in [0, 0.1) is 0 Å². The standard InChI is InChI=1S/C11H19NO3S.C9H17NO3/c1-8(13)16-9-5-6-12(7-9)10(14)15-11(2,3)4;1-9(2,3)13-8(12)10-5-4-7(11)6-10/h9H,5-7H2,1-4H3;7,11H,4-6H2,1-3H3/t9-;7-/m01/s1. The Morgan fingerprint density at radius 1 is 0.862 bits per heavy atom. The van der Waals surface area contributed by atoms with Crippen LogP contribution >= 0.6 is 11.8 Å². The molecule has 0 aromatic rings. The van der Waals surface area contributed by atoms with Crippen molar-refractivity contribution in [1.82, 2.24) is 9.80 Å². The number of carbonyl (C=O) groups is 3. The Labute approximate surface area is 178 Å². The minimum atomic E-state index is -0.455. The third-order valence-corrected chi connectivity index (χ3v) is 4.99. The third-order valence-electron chi connectivity index (χ3n) is 3.94. The zero-order chi connectivity index (χ0) is 22.4. The number of aliphatic hydroxyl groups is 1. The molecule has 0 radical (unpaired) electrons. The van der Waals surface area contributed by atoms with Crippen molar-refractivity contribution in [1.29, 1.82) is 0 Å². The summed E-state index contributed by atoms with van der Waals surface area (Å²) in [5, 5.41) is 9.53. The van der Waals surface area contributed by atoms with Gasteiger partial charge >= 0.3 is 12.2 Å². The van der Waals surface area contributed by atoms with Crippen molar-refractivity contribution < 1.29 is 29.0 Å². The third kappa shape index (κ3) is 10.7. The van der Waals surface area contributed by atoms with Crippen molar-refractivity contribution in [3.63, 3.8) is 0 Å². The van der Waals surface area contributed by atoms with E-state index in [2.05, 4.69) is 0 Å². The predicted molar refractivity (Wildman–Crippen MR) is 113 cm³/mol. The fraction of sp³-hybridized carbons (Fsp3) is 0.850. The maximum Gasteiger partial charge on any atom is 0.410 e. The number of hydrogen-bond acceptors (Lipinski definition) is 7. The van der Waals surface area contributed by atoms with Crippen molar-refractivity contribution in [2.24, 2.45) is 0 Å². The molecule has 2 atom stereocenters. The molecule has 168 valence electrons. The van der Waals surface area contributed by atoms with Gasteiger partial charge in [0, 0.05) is 38.4 Å². The summed E-state index contributed by atoms with van der Waals surface area (Å²) in [5.41, 5.74) is -0.909. The number of nitrogens with zero attached hydrogens (tertiary/aromatic N) is 2. The van der Waals surface area contributed by atoms with Crippen LogP contribution in [-0.4, -0.2) is 80.9 Å². The van der Waals surface area contributed by atoms with E-state index < -0.39 is 11.2 Å². The van der Waals surface area contributed by atoms with Crippen LogP contribution < -0.4 is 0 Å². The molecule has 0 aromatic carbocycles. The molecule has 0 aromatic heterocycles. The van der Waals surface area contributed by atoms with E-state index in [9.17, 15) is 19.5 Å². The molecule has 2 heterocycles. The van der Waals surface area contributed by atoms with Gasteiger partial charge in [-0.25, -0.2) is 9.59 Å². The number of aliphatic hydroxyl groups excluding tert-OH is 1. The highest BCUT2D eigenvalue weighted by Gasteiger charge is 2.31. The van der Waals surface area contributed by atoms with Gasteiger partial charge in [0.15, 0.2) is 5.12 Å². The maximum absolute atomic E-state index is 11.7. The number of hydrogen-bond donors (Lipinski definition) is 1. The molecule has 1 N–H and O–H groups in total. The first-order valence-corrected chi connectivity index (χ1v) is 10.9. The second-order valence-corrected chi connectivity index (χ2v) is 10.8. The van der Waals surface area contributed by atoms with Gasteiger partial charge in [-0.2, -0.15) is 0 Å². The quantitative estimate of drug-likeness (QED) is 0.679. The Bertz CT molecular complexity index is 585. The van der Waals surface area contributed by atoms with E-state index in [0.717, 1.165) is 6.42 Å². The molecule has 2 fully saturated rings. The second kappa shape index (κ2) is 10.5. The number of likely N-dealkylation sites (tertiary alicyclic amines) is 2. The summed E-state index contributed by atoms with van der Waals surface area (Å²) in [4.78, 5) is 37.2. The van der Waals surface area contributed by atoms with Gasteiger partial charge < -0.3 is 24.4 Å². The summed E-state index contributed by atoms with van der Waals surface area (Å²) in [6.07, 6.45) is 0.527. The number of rotatable bonds is 1. The molecular weight excluding hydrogens is 396 g/mol. The summed E-state index contributed by atoms with van der Waals surface area (Å²) >= 11 is 1.31. The van der Waals surface area contributed by atoms with Crippen LogP contribution in [0.5, 0.6) is 0 Å². The normalized spacial score (nSPS) is 22.1. The summed E-state index contributed by atoms with van der Waals surface area (Å²) < 4.78 is 10.4. The van der Waals surface area contributed by atoms with Crippen molar-refractivity contribution in [3.8, 4) is 0 Å². The van der Waals surface area contributed by atoms with Gasteiger partial charge in [-0.05, 0) is 54.4 Å². The fourth-order valence-electron chi connectivity index (χ4n) is 2.79. The van der Waals surface area contributed by atoms with Crippen LogP contribution in [0.4, 0.5) is 9.59 Å². The molecule has 29 heavy (non-hydrogen) atoms. The average Bonchev–Trinajstić information content (AvgIpc) is 3.13. The van der Waals surface area contributed by atoms with E-state index in [1.807, 2.05) is 41.5 Å². The van der Waals surface area contributed by atoms with Crippen LogP contribution in [0.15, 0.2) is 0 Å². The molecule has 9 heteroatoms. The topological polar surface area (TPSA) is 96.4 Å². The molecule has 2 aliphatic rings. The van der Waals surface area contributed by atoms with E-state index in [1.165, 1.54) is 16.7 Å². The Balaban J connectivity index is 0.000000296. The molecule has 8 nitrogen and oxygen atoms in total. The van der Waals surface area contributed by atoms with Crippen LogP contribution in [-0.2, 0) is 14.3 Å². The monoisotopic (exact) mass is 432 g/mol. The smallest absolute Gasteiger partial charge is 0.410 e.